The van der Waals surface area contributed by atoms with Crippen LogP contribution in [0.15, 0.2) is 99.2 Å². The number of pyridine rings is 1. The zero-order valence-corrected chi connectivity index (χ0v) is 29.6. The van der Waals surface area contributed by atoms with Crippen LogP contribution >= 0.6 is 11.6 Å². The SMILES string of the molecule is CCOc1ccn(-c2ccc(F)cc2)c(=O)c1C(=O)Nc1ccc(OC2=CC=NC3CC(OCCCN4CCCCC4)=C4OCCOC4=C23)cc1Cl. The summed E-state index contributed by atoms with van der Waals surface area (Å²) in [7, 11) is 0. The molecule has 13 heteroatoms. The van der Waals surface area contributed by atoms with Crippen LogP contribution in [0.2, 0.25) is 5.02 Å². The Morgan fingerprint density at radius 2 is 1.83 bits per heavy atom. The standard InChI is InChI=1S/C39H40ClFN4O7/c1-2-48-31-14-19-45(26-9-7-25(41)8-10-26)39(47)35(31)38(46)43-29-12-11-27(23-28(29)40)52-32-13-15-42-30-24-33(36-37(34(30)32)51-22-21-50-36)49-20-6-18-44-16-4-3-5-17-44/h7-15,19,23,30H,2-6,16-18,20-22,24H2,1H3,(H,43,46). The van der Waals surface area contributed by atoms with Crippen molar-refractivity contribution in [3.05, 3.63) is 116 Å². The number of carbonyl (C=O) groups excluding carboxylic acids is 1. The average Bonchev–Trinajstić information content (AvgIpc) is 3.15. The number of nitrogens with one attached hydrogen (secondary N) is 1. The summed E-state index contributed by atoms with van der Waals surface area (Å²) < 4.78 is 45.3. The van der Waals surface area contributed by atoms with Gasteiger partial charge >= 0.3 is 0 Å². The van der Waals surface area contributed by atoms with Crippen molar-refractivity contribution in [3.8, 4) is 17.2 Å². The third-order valence-electron chi connectivity index (χ3n) is 9.20. The molecule has 1 atom stereocenters. The third-order valence-corrected chi connectivity index (χ3v) is 9.51. The molecule has 3 aromatic rings. The Balaban J connectivity index is 1.07. The van der Waals surface area contributed by atoms with Crippen LogP contribution in [0.5, 0.6) is 11.5 Å². The molecule has 0 radical (unpaired) electrons. The minimum Gasteiger partial charge on any atom is -0.494 e. The summed E-state index contributed by atoms with van der Waals surface area (Å²) in [6.45, 7) is 6.68. The monoisotopic (exact) mass is 730 g/mol. The number of piperidine rings is 1. The molecular formula is C39H40ClFN4O7. The molecule has 1 aromatic heterocycles. The number of allylic oxidation sites excluding steroid dienone is 1. The first-order valence-electron chi connectivity index (χ1n) is 17.6. The minimum atomic E-state index is -0.720. The van der Waals surface area contributed by atoms with Gasteiger partial charge in [0.05, 0.1) is 35.5 Å². The first-order valence-corrected chi connectivity index (χ1v) is 18.0. The Kier molecular flexibility index (Phi) is 10.9. The first kappa shape index (κ1) is 35.3. The molecule has 2 saturated heterocycles. The van der Waals surface area contributed by atoms with E-state index in [1.807, 2.05) is 0 Å². The van der Waals surface area contributed by atoms with Crippen LogP contribution in [0.4, 0.5) is 10.1 Å². The van der Waals surface area contributed by atoms with E-state index in [2.05, 4.69) is 10.2 Å². The summed E-state index contributed by atoms with van der Waals surface area (Å²) in [5.74, 6) is 1.76. The largest absolute Gasteiger partial charge is 0.494 e. The molecule has 0 saturated carbocycles. The fraction of sp³-hybridized carbons (Fsp3) is 0.359. The Bertz CT molecular complexity index is 2000. The number of nitrogens with zero attached hydrogens (tertiary/aromatic N) is 3. The first-order chi connectivity index (χ1) is 25.4. The molecule has 1 N–H and O–H groups in total. The van der Waals surface area contributed by atoms with Crippen molar-refractivity contribution in [3.63, 3.8) is 0 Å². The quantitative estimate of drug-likeness (QED) is 0.203. The number of hydrogen-bond acceptors (Lipinski definition) is 9. The number of anilines is 1. The number of amides is 1. The van der Waals surface area contributed by atoms with Gasteiger partial charge in [-0.3, -0.25) is 19.1 Å². The van der Waals surface area contributed by atoms with Gasteiger partial charge < -0.3 is 33.9 Å². The summed E-state index contributed by atoms with van der Waals surface area (Å²) in [4.78, 5) is 34.3. The highest BCUT2D eigenvalue weighted by Crippen LogP contribution is 2.41. The molecule has 52 heavy (non-hydrogen) atoms. The minimum absolute atomic E-state index is 0.107. The lowest BCUT2D eigenvalue weighted by molar-refractivity contribution is 0.0362. The van der Waals surface area contributed by atoms with Crippen molar-refractivity contribution >= 4 is 29.4 Å². The molecule has 0 spiro atoms. The van der Waals surface area contributed by atoms with Gasteiger partial charge in [-0.1, -0.05) is 18.0 Å². The summed E-state index contributed by atoms with van der Waals surface area (Å²) in [6, 6.07) is 11.4. The highest BCUT2D eigenvalue weighted by atomic mass is 35.5. The van der Waals surface area contributed by atoms with Gasteiger partial charge in [0.15, 0.2) is 11.5 Å². The summed E-state index contributed by atoms with van der Waals surface area (Å²) in [5.41, 5.74) is 0.544. The predicted octanol–water partition coefficient (Wildman–Crippen LogP) is 6.81. The van der Waals surface area contributed by atoms with Gasteiger partial charge in [-0.05, 0) is 87.8 Å². The number of rotatable bonds is 12. The zero-order valence-electron chi connectivity index (χ0n) is 28.9. The van der Waals surface area contributed by atoms with E-state index in [0.717, 1.165) is 37.4 Å². The van der Waals surface area contributed by atoms with Gasteiger partial charge in [0.2, 0.25) is 0 Å². The second-order valence-electron chi connectivity index (χ2n) is 12.7. The van der Waals surface area contributed by atoms with Gasteiger partial charge in [-0.15, -0.1) is 0 Å². The smallest absolute Gasteiger partial charge is 0.271 e. The molecule has 4 aliphatic rings. The average molecular weight is 731 g/mol. The molecule has 3 aliphatic heterocycles. The van der Waals surface area contributed by atoms with Crippen molar-refractivity contribution in [2.75, 3.05) is 51.4 Å². The Hall–Kier alpha value is -5.07. The van der Waals surface area contributed by atoms with Crippen LogP contribution in [0, 0.1) is 5.82 Å². The Morgan fingerprint density at radius 1 is 1.04 bits per heavy atom. The number of dihydropyridines is 1. The van der Waals surface area contributed by atoms with Gasteiger partial charge in [-0.25, -0.2) is 4.39 Å². The van der Waals surface area contributed by atoms with Crippen LogP contribution in [-0.2, 0) is 14.2 Å². The van der Waals surface area contributed by atoms with Gasteiger partial charge in [-0.2, -0.15) is 0 Å². The highest BCUT2D eigenvalue weighted by molar-refractivity contribution is 6.34. The number of carbonyl (C=O) groups is 1. The van der Waals surface area contributed by atoms with Crippen molar-refractivity contribution in [2.24, 2.45) is 4.99 Å². The maximum Gasteiger partial charge on any atom is 0.271 e. The van der Waals surface area contributed by atoms with E-state index < -0.39 is 17.3 Å². The molecule has 11 nitrogen and oxygen atoms in total. The van der Waals surface area contributed by atoms with E-state index >= 15 is 0 Å². The maximum atomic E-state index is 13.6. The topological polar surface area (TPSA) is 113 Å². The van der Waals surface area contributed by atoms with Gasteiger partial charge in [0.1, 0.15) is 47.6 Å². The molecule has 0 bridgehead atoms. The highest BCUT2D eigenvalue weighted by Gasteiger charge is 2.38. The van der Waals surface area contributed by atoms with E-state index in [1.165, 1.54) is 60.4 Å². The number of halogens is 2. The van der Waals surface area contributed by atoms with Crippen LogP contribution < -0.4 is 20.3 Å². The van der Waals surface area contributed by atoms with Crippen LogP contribution in [0.25, 0.3) is 5.69 Å². The Labute approximate surface area is 305 Å². The second kappa shape index (κ2) is 16.1. The predicted molar refractivity (Wildman–Crippen MR) is 195 cm³/mol. The van der Waals surface area contributed by atoms with E-state index in [9.17, 15) is 14.0 Å². The lowest BCUT2D eigenvalue weighted by atomic mass is 9.91. The molecule has 2 fully saturated rings. The number of aliphatic imine (C=N–C) groups is 1. The molecule has 4 heterocycles. The van der Waals surface area contributed by atoms with E-state index in [1.54, 1.807) is 37.4 Å². The van der Waals surface area contributed by atoms with Gasteiger partial charge in [0.25, 0.3) is 11.5 Å². The molecule has 1 unspecified atom stereocenters. The lowest BCUT2D eigenvalue weighted by Crippen LogP contribution is -2.32. The number of benzene rings is 2. The number of ether oxygens (including phenoxy) is 5. The summed E-state index contributed by atoms with van der Waals surface area (Å²) >= 11 is 6.66. The number of aromatic nitrogens is 1. The molecular weight excluding hydrogens is 691 g/mol. The number of hydrogen-bond donors (Lipinski definition) is 1. The molecule has 7 rings (SSSR count). The third kappa shape index (κ3) is 7.73. The molecule has 1 aliphatic carbocycles. The number of fused-ring (bicyclic) bond motifs is 2. The van der Waals surface area contributed by atoms with Crippen molar-refractivity contribution in [2.45, 2.75) is 45.1 Å². The molecule has 272 valence electrons. The van der Waals surface area contributed by atoms with E-state index in [0.29, 0.717) is 55.0 Å². The van der Waals surface area contributed by atoms with E-state index in [-0.39, 0.29) is 34.7 Å². The lowest BCUT2D eigenvalue weighted by Gasteiger charge is -2.34. The summed E-state index contributed by atoms with van der Waals surface area (Å²) in [5, 5.41) is 2.91. The van der Waals surface area contributed by atoms with Crippen molar-refractivity contribution in [1.29, 1.82) is 0 Å². The molecule has 2 aromatic carbocycles. The number of likely N-dealkylation sites (tertiary alicyclic amines) is 1. The maximum absolute atomic E-state index is 13.6. The fourth-order valence-electron chi connectivity index (χ4n) is 6.72. The normalized spacial score (nSPS) is 18.4. The zero-order chi connectivity index (χ0) is 36.0. The molecule has 1 amide bonds. The van der Waals surface area contributed by atoms with Crippen LogP contribution in [-0.4, -0.2) is 73.7 Å². The van der Waals surface area contributed by atoms with Crippen LogP contribution in [0.3, 0.4) is 0 Å². The summed E-state index contributed by atoms with van der Waals surface area (Å²) in [6.07, 6.45) is 10.2. The van der Waals surface area contributed by atoms with Gasteiger partial charge in [0, 0.05) is 37.1 Å². The Morgan fingerprint density at radius 3 is 2.60 bits per heavy atom. The fourth-order valence-corrected chi connectivity index (χ4v) is 6.93. The second-order valence-corrected chi connectivity index (χ2v) is 13.1. The van der Waals surface area contributed by atoms with E-state index in [4.69, 9.17) is 40.3 Å². The van der Waals surface area contributed by atoms with Crippen molar-refractivity contribution < 1.29 is 32.9 Å². The van der Waals surface area contributed by atoms with Crippen molar-refractivity contribution in [1.82, 2.24) is 9.47 Å². The van der Waals surface area contributed by atoms with Crippen LogP contribution in [0.1, 0.15) is 49.4 Å².